The number of hydrogen-bond donors (Lipinski definition) is 0. The van der Waals surface area contributed by atoms with Gasteiger partial charge in [-0.2, -0.15) is 0 Å². The molecule has 9 heavy (non-hydrogen) atoms. The molecule has 0 aromatic heterocycles. The Bertz CT molecular complexity index is 83.1. The van der Waals surface area contributed by atoms with Crippen molar-refractivity contribution in [3.8, 4) is 0 Å². The van der Waals surface area contributed by atoms with Crippen molar-refractivity contribution in [2.45, 2.75) is 20.3 Å². The monoisotopic (exact) mass is 126 g/mol. The topological polar surface area (TPSA) is 24.7 Å². The number of rotatable bonds is 4. The zero-order chi connectivity index (χ0) is 6.95. The Kier molecular flexibility index (Phi) is 6.80. The Labute approximate surface area is 56.7 Å². The van der Waals surface area contributed by atoms with Gasteiger partial charge in [-0.15, -0.1) is 0 Å². The van der Waals surface area contributed by atoms with Crippen LogP contribution in [0.25, 0.3) is 0 Å². The predicted octanol–water partition coefficient (Wildman–Crippen LogP) is 1.56. The summed E-state index contributed by atoms with van der Waals surface area (Å²) in [7, 11) is 0. The molecule has 0 spiro atoms. The second-order valence-corrected chi connectivity index (χ2v) is 1.60. The van der Waals surface area contributed by atoms with Crippen molar-refractivity contribution in [2.24, 2.45) is 9.98 Å². The van der Waals surface area contributed by atoms with Gasteiger partial charge < -0.3 is 0 Å². The number of hydrogen-bond acceptors (Lipinski definition) is 2. The molecule has 0 aliphatic carbocycles. The molecule has 0 aliphatic heterocycles. The van der Waals surface area contributed by atoms with E-state index in [2.05, 4.69) is 9.98 Å². The van der Waals surface area contributed by atoms with Gasteiger partial charge >= 0.3 is 0 Å². The van der Waals surface area contributed by atoms with Crippen LogP contribution in [0.5, 0.6) is 0 Å². The highest BCUT2D eigenvalue weighted by Crippen LogP contribution is 1.71. The third-order valence-corrected chi connectivity index (χ3v) is 0.834. The highest BCUT2D eigenvalue weighted by atomic mass is 14.7. The second kappa shape index (κ2) is 7.34. The van der Waals surface area contributed by atoms with Gasteiger partial charge in [0, 0.05) is 31.9 Å². The van der Waals surface area contributed by atoms with Crippen LogP contribution in [0.1, 0.15) is 20.3 Å². The molecule has 0 aromatic rings. The summed E-state index contributed by atoms with van der Waals surface area (Å²) in [4.78, 5) is 8.05. The molecule has 0 N–H and O–H groups in total. The van der Waals surface area contributed by atoms with Crippen molar-refractivity contribution >= 4 is 12.4 Å². The summed E-state index contributed by atoms with van der Waals surface area (Å²) < 4.78 is 0. The minimum absolute atomic E-state index is 0.875. The lowest BCUT2D eigenvalue weighted by Crippen LogP contribution is -1.79. The Balaban J connectivity index is 3.08. The van der Waals surface area contributed by atoms with Gasteiger partial charge in [-0.05, 0) is 13.8 Å². The highest BCUT2D eigenvalue weighted by molar-refractivity contribution is 5.79. The van der Waals surface area contributed by atoms with E-state index in [0.29, 0.717) is 0 Å². The first-order valence-electron chi connectivity index (χ1n) is 3.38. The second-order valence-electron chi connectivity index (χ2n) is 1.60. The van der Waals surface area contributed by atoms with Crippen LogP contribution in [0.15, 0.2) is 9.98 Å². The molecule has 0 amide bonds. The minimum atomic E-state index is 0.875. The Morgan fingerprint density at radius 2 is 1.44 bits per heavy atom. The third kappa shape index (κ3) is 7.34. The zero-order valence-corrected chi connectivity index (χ0v) is 6.17. The van der Waals surface area contributed by atoms with Crippen LogP contribution in [-0.4, -0.2) is 25.5 Å². The summed E-state index contributed by atoms with van der Waals surface area (Å²) in [5.41, 5.74) is 0. The lowest BCUT2D eigenvalue weighted by molar-refractivity contribution is 1.12. The minimum Gasteiger partial charge on any atom is -0.297 e. The van der Waals surface area contributed by atoms with Crippen molar-refractivity contribution in [1.29, 1.82) is 0 Å². The maximum Gasteiger partial charge on any atom is 0.0357 e. The molecule has 0 saturated carbocycles. The first kappa shape index (κ1) is 8.34. The highest BCUT2D eigenvalue weighted by Gasteiger charge is 1.69. The van der Waals surface area contributed by atoms with E-state index in [1.54, 1.807) is 0 Å². The van der Waals surface area contributed by atoms with Crippen molar-refractivity contribution in [3.05, 3.63) is 0 Å². The van der Waals surface area contributed by atoms with Gasteiger partial charge in [0.2, 0.25) is 0 Å². The molecule has 0 heterocycles. The molecule has 2 heteroatoms. The van der Waals surface area contributed by atoms with Gasteiger partial charge in [-0.3, -0.25) is 9.98 Å². The van der Waals surface area contributed by atoms with Crippen LogP contribution >= 0.6 is 0 Å². The summed E-state index contributed by atoms with van der Waals surface area (Å²) in [6.45, 7) is 5.79. The van der Waals surface area contributed by atoms with Crippen LogP contribution < -0.4 is 0 Å². The van der Waals surface area contributed by atoms with Crippen LogP contribution in [0, 0.1) is 0 Å². The van der Waals surface area contributed by atoms with Gasteiger partial charge in [0.25, 0.3) is 0 Å². The van der Waals surface area contributed by atoms with Crippen molar-refractivity contribution < 1.29 is 0 Å². The molecule has 0 radical (unpaired) electrons. The quantitative estimate of drug-likeness (QED) is 0.511. The van der Waals surface area contributed by atoms with E-state index >= 15 is 0 Å². The van der Waals surface area contributed by atoms with Crippen molar-refractivity contribution in [3.63, 3.8) is 0 Å². The Morgan fingerprint density at radius 1 is 1.00 bits per heavy atom. The molecule has 0 aliphatic rings. The van der Waals surface area contributed by atoms with Gasteiger partial charge in [0.05, 0.1) is 0 Å². The van der Waals surface area contributed by atoms with E-state index in [-0.39, 0.29) is 0 Å². The van der Waals surface area contributed by atoms with E-state index < -0.39 is 0 Å². The molecule has 0 saturated heterocycles. The number of aliphatic imine (C=N–C) groups is 2. The van der Waals surface area contributed by atoms with Crippen LogP contribution in [-0.2, 0) is 0 Å². The zero-order valence-electron chi connectivity index (χ0n) is 6.17. The van der Waals surface area contributed by atoms with E-state index in [1.165, 1.54) is 0 Å². The maximum atomic E-state index is 4.03. The molecule has 0 fully saturated rings. The molecule has 0 rings (SSSR count). The van der Waals surface area contributed by atoms with Crippen molar-refractivity contribution in [2.75, 3.05) is 13.1 Å². The lowest BCUT2D eigenvalue weighted by Gasteiger charge is -1.80. The first-order chi connectivity index (χ1) is 4.41. The summed E-state index contributed by atoms with van der Waals surface area (Å²) in [5, 5.41) is 0. The van der Waals surface area contributed by atoms with Crippen molar-refractivity contribution in [1.82, 2.24) is 0 Å². The number of nitrogens with zero attached hydrogens (tertiary/aromatic N) is 2. The normalized spacial score (nSPS) is 11.8. The SMILES string of the molecule is CCN=CCC=NCC. The summed E-state index contributed by atoms with van der Waals surface area (Å²) in [5.74, 6) is 0. The summed E-state index contributed by atoms with van der Waals surface area (Å²) in [6, 6.07) is 0. The van der Waals surface area contributed by atoms with Crippen LogP contribution in [0.3, 0.4) is 0 Å². The molecule has 0 bridgehead atoms. The average Bonchev–Trinajstić information content (AvgIpc) is 1.89. The van der Waals surface area contributed by atoms with E-state index in [4.69, 9.17) is 0 Å². The Morgan fingerprint density at radius 3 is 1.78 bits per heavy atom. The molecule has 52 valence electrons. The maximum absolute atomic E-state index is 4.03. The van der Waals surface area contributed by atoms with E-state index in [1.807, 2.05) is 26.3 Å². The fraction of sp³-hybridized carbons (Fsp3) is 0.714. The smallest absolute Gasteiger partial charge is 0.0357 e. The largest absolute Gasteiger partial charge is 0.297 e. The van der Waals surface area contributed by atoms with Gasteiger partial charge in [0.15, 0.2) is 0 Å². The fourth-order valence-corrected chi connectivity index (χ4v) is 0.454. The third-order valence-electron chi connectivity index (χ3n) is 0.834. The predicted molar refractivity (Wildman–Crippen MR) is 42.7 cm³/mol. The van der Waals surface area contributed by atoms with Gasteiger partial charge in [-0.25, -0.2) is 0 Å². The summed E-state index contributed by atoms with van der Waals surface area (Å²) >= 11 is 0. The molecule has 0 aromatic carbocycles. The van der Waals surface area contributed by atoms with E-state index in [9.17, 15) is 0 Å². The van der Waals surface area contributed by atoms with Gasteiger partial charge in [0.1, 0.15) is 0 Å². The first-order valence-corrected chi connectivity index (χ1v) is 3.38. The van der Waals surface area contributed by atoms with Gasteiger partial charge in [-0.1, -0.05) is 0 Å². The van der Waals surface area contributed by atoms with Crippen LogP contribution in [0.4, 0.5) is 0 Å². The molecule has 2 nitrogen and oxygen atoms in total. The summed E-state index contributed by atoms with van der Waals surface area (Å²) in [6.07, 6.45) is 4.65. The molecule has 0 atom stereocenters. The van der Waals surface area contributed by atoms with E-state index in [0.717, 1.165) is 19.5 Å². The fourth-order valence-electron chi connectivity index (χ4n) is 0.454. The average molecular weight is 126 g/mol. The molecular weight excluding hydrogens is 112 g/mol. The lowest BCUT2D eigenvalue weighted by atomic mass is 10.5. The standard InChI is InChI=1S/C7H14N2/c1-3-8-6-5-7-9-4-2/h6-7H,3-5H2,1-2H3. The Hall–Kier alpha value is -0.660. The molecular formula is C7H14N2. The van der Waals surface area contributed by atoms with Crippen LogP contribution in [0.2, 0.25) is 0 Å². The molecule has 0 unspecified atom stereocenters.